The van der Waals surface area contributed by atoms with Gasteiger partial charge in [0.2, 0.25) is 0 Å². The molecule has 2 N–H and O–H groups in total. The maximum absolute atomic E-state index is 10.9. The number of aromatic hydroxyl groups is 1. The van der Waals surface area contributed by atoms with Crippen LogP contribution in [0.5, 0.6) is 5.75 Å². The summed E-state index contributed by atoms with van der Waals surface area (Å²) in [6, 6.07) is 1.61. The molecule has 1 aliphatic rings. The van der Waals surface area contributed by atoms with Crippen LogP contribution in [-0.2, 0) is 11.2 Å². The SMILES string of the molecule is O=C(O)C1CCCc2cc(O)cnc21. The van der Waals surface area contributed by atoms with E-state index in [0.717, 1.165) is 18.4 Å². The molecule has 0 amide bonds. The fraction of sp³-hybridized carbons (Fsp3) is 0.400. The zero-order chi connectivity index (χ0) is 10.1. The Kier molecular flexibility index (Phi) is 2.11. The first-order chi connectivity index (χ1) is 6.68. The van der Waals surface area contributed by atoms with Gasteiger partial charge in [-0.2, -0.15) is 0 Å². The molecule has 2 rings (SSSR count). The molecule has 74 valence electrons. The fourth-order valence-corrected chi connectivity index (χ4v) is 1.90. The fourth-order valence-electron chi connectivity index (χ4n) is 1.90. The normalized spacial score (nSPS) is 20.1. The molecule has 0 saturated carbocycles. The number of carbonyl (C=O) groups is 1. The summed E-state index contributed by atoms with van der Waals surface area (Å²) in [4.78, 5) is 14.9. The smallest absolute Gasteiger partial charge is 0.312 e. The van der Waals surface area contributed by atoms with Gasteiger partial charge in [0.15, 0.2) is 0 Å². The molecule has 0 bridgehead atoms. The Labute approximate surface area is 81.2 Å². The second-order valence-electron chi connectivity index (χ2n) is 3.52. The van der Waals surface area contributed by atoms with Crippen molar-refractivity contribution in [2.75, 3.05) is 0 Å². The highest BCUT2D eigenvalue weighted by atomic mass is 16.4. The van der Waals surface area contributed by atoms with E-state index in [2.05, 4.69) is 4.98 Å². The number of carboxylic acids is 1. The highest BCUT2D eigenvalue weighted by molar-refractivity contribution is 5.76. The number of aromatic nitrogens is 1. The molecule has 0 fully saturated rings. The number of carboxylic acid groups (broad SMARTS) is 1. The molecule has 1 aliphatic carbocycles. The molecular formula is C10H11NO3. The Bertz CT molecular complexity index is 376. The van der Waals surface area contributed by atoms with Crippen molar-refractivity contribution in [2.24, 2.45) is 0 Å². The lowest BCUT2D eigenvalue weighted by Crippen LogP contribution is -2.19. The number of aliphatic carboxylic acids is 1. The number of hydrogen-bond acceptors (Lipinski definition) is 3. The van der Waals surface area contributed by atoms with Crippen molar-refractivity contribution in [1.29, 1.82) is 0 Å². The lowest BCUT2D eigenvalue weighted by molar-refractivity contribution is -0.139. The van der Waals surface area contributed by atoms with Crippen molar-refractivity contribution in [3.63, 3.8) is 0 Å². The molecule has 1 heterocycles. The van der Waals surface area contributed by atoms with Crippen molar-refractivity contribution in [2.45, 2.75) is 25.2 Å². The lowest BCUT2D eigenvalue weighted by Gasteiger charge is -2.20. The van der Waals surface area contributed by atoms with Crippen molar-refractivity contribution in [3.8, 4) is 5.75 Å². The van der Waals surface area contributed by atoms with Crippen molar-refractivity contribution < 1.29 is 15.0 Å². The molecule has 14 heavy (non-hydrogen) atoms. The second-order valence-corrected chi connectivity index (χ2v) is 3.52. The van der Waals surface area contributed by atoms with Gasteiger partial charge in [0.25, 0.3) is 0 Å². The van der Waals surface area contributed by atoms with E-state index in [9.17, 15) is 9.90 Å². The highest BCUT2D eigenvalue weighted by Crippen LogP contribution is 2.31. The second kappa shape index (κ2) is 3.29. The molecule has 0 saturated heterocycles. The minimum absolute atomic E-state index is 0.106. The number of aryl methyl sites for hydroxylation is 1. The standard InChI is InChI=1S/C10H11NO3/c12-7-4-6-2-1-3-8(10(13)14)9(6)11-5-7/h4-5,8,12H,1-3H2,(H,13,14). The molecule has 1 unspecified atom stereocenters. The number of fused-ring (bicyclic) bond motifs is 1. The number of rotatable bonds is 1. The average molecular weight is 193 g/mol. The van der Waals surface area contributed by atoms with Gasteiger partial charge >= 0.3 is 5.97 Å². The van der Waals surface area contributed by atoms with Crippen LogP contribution >= 0.6 is 0 Å². The minimum Gasteiger partial charge on any atom is -0.506 e. The lowest BCUT2D eigenvalue weighted by atomic mass is 9.87. The van der Waals surface area contributed by atoms with Gasteiger partial charge < -0.3 is 10.2 Å². The third-order valence-electron chi connectivity index (χ3n) is 2.55. The monoisotopic (exact) mass is 193 g/mol. The van der Waals surface area contributed by atoms with Crippen LogP contribution in [-0.4, -0.2) is 21.2 Å². The maximum atomic E-state index is 10.9. The van der Waals surface area contributed by atoms with Crippen LogP contribution in [0.1, 0.15) is 30.0 Å². The van der Waals surface area contributed by atoms with Gasteiger partial charge in [-0.15, -0.1) is 0 Å². The molecule has 1 aromatic heterocycles. The van der Waals surface area contributed by atoms with Crippen LogP contribution in [0.15, 0.2) is 12.3 Å². The summed E-state index contributed by atoms with van der Waals surface area (Å²) >= 11 is 0. The number of nitrogens with zero attached hydrogens (tertiary/aromatic N) is 1. The summed E-state index contributed by atoms with van der Waals surface area (Å²) in [6.45, 7) is 0. The van der Waals surface area contributed by atoms with Gasteiger partial charge in [0.05, 0.1) is 17.8 Å². The predicted molar refractivity (Wildman–Crippen MR) is 49.2 cm³/mol. The van der Waals surface area contributed by atoms with E-state index in [1.54, 1.807) is 6.07 Å². The van der Waals surface area contributed by atoms with Gasteiger partial charge in [-0.3, -0.25) is 9.78 Å². The van der Waals surface area contributed by atoms with Gasteiger partial charge in [0, 0.05) is 0 Å². The van der Waals surface area contributed by atoms with Crippen molar-refractivity contribution >= 4 is 5.97 Å². The van der Waals surface area contributed by atoms with Gasteiger partial charge in [0.1, 0.15) is 5.75 Å². The van der Waals surface area contributed by atoms with Crippen LogP contribution < -0.4 is 0 Å². The molecule has 1 atom stereocenters. The average Bonchev–Trinajstić information content (AvgIpc) is 2.16. The van der Waals surface area contributed by atoms with Crippen molar-refractivity contribution in [3.05, 3.63) is 23.5 Å². The summed E-state index contributed by atoms with van der Waals surface area (Å²) in [5.74, 6) is -1.22. The van der Waals surface area contributed by atoms with Crippen LogP contribution in [0.3, 0.4) is 0 Å². The Morgan fingerprint density at radius 3 is 3.07 bits per heavy atom. The summed E-state index contributed by atoms with van der Waals surface area (Å²) in [7, 11) is 0. The summed E-state index contributed by atoms with van der Waals surface area (Å²) in [5, 5.41) is 18.2. The predicted octanol–water partition coefficient (Wildman–Crippen LogP) is 1.29. The Hall–Kier alpha value is -1.58. The quantitative estimate of drug-likeness (QED) is 0.705. The van der Waals surface area contributed by atoms with E-state index >= 15 is 0 Å². The van der Waals surface area contributed by atoms with Crippen LogP contribution in [0.25, 0.3) is 0 Å². The maximum Gasteiger partial charge on any atom is 0.312 e. The van der Waals surface area contributed by atoms with E-state index in [1.165, 1.54) is 6.20 Å². The van der Waals surface area contributed by atoms with Crippen LogP contribution in [0.4, 0.5) is 0 Å². The van der Waals surface area contributed by atoms with E-state index in [0.29, 0.717) is 12.1 Å². The first-order valence-electron chi connectivity index (χ1n) is 4.59. The Balaban J connectivity index is 2.44. The minimum atomic E-state index is -0.830. The Morgan fingerprint density at radius 1 is 1.57 bits per heavy atom. The molecule has 4 heteroatoms. The largest absolute Gasteiger partial charge is 0.506 e. The zero-order valence-electron chi connectivity index (χ0n) is 7.60. The van der Waals surface area contributed by atoms with E-state index in [-0.39, 0.29) is 5.75 Å². The zero-order valence-corrected chi connectivity index (χ0v) is 7.60. The van der Waals surface area contributed by atoms with Crippen LogP contribution in [0.2, 0.25) is 0 Å². The van der Waals surface area contributed by atoms with Gasteiger partial charge in [-0.05, 0) is 30.9 Å². The first-order valence-corrected chi connectivity index (χ1v) is 4.59. The van der Waals surface area contributed by atoms with Crippen molar-refractivity contribution in [1.82, 2.24) is 4.98 Å². The molecule has 0 aliphatic heterocycles. The van der Waals surface area contributed by atoms with Crippen LogP contribution in [0, 0.1) is 0 Å². The molecule has 4 nitrogen and oxygen atoms in total. The third kappa shape index (κ3) is 1.43. The molecule has 0 aromatic carbocycles. The first kappa shape index (κ1) is 8.99. The number of pyridine rings is 1. The summed E-state index contributed by atoms with van der Waals surface area (Å²) in [6.07, 6.45) is 3.59. The van der Waals surface area contributed by atoms with E-state index < -0.39 is 11.9 Å². The van der Waals surface area contributed by atoms with E-state index in [4.69, 9.17) is 5.11 Å². The molecule has 1 aromatic rings. The molecular weight excluding hydrogens is 182 g/mol. The number of hydrogen-bond donors (Lipinski definition) is 2. The van der Waals surface area contributed by atoms with E-state index in [1.807, 2.05) is 0 Å². The molecule has 0 spiro atoms. The highest BCUT2D eigenvalue weighted by Gasteiger charge is 2.27. The summed E-state index contributed by atoms with van der Waals surface area (Å²) < 4.78 is 0. The summed E-state index contributed by atoms with van der Waals surface area (Å²) in [5.41, 5.74) is 1.48. The molecule has 0 radical (unpaired) electrons. The third-order valence-corrected chi connectivity index (χ3v) is 2.55. The van der Waals surface area contributed by atoms with Gasteiger partial charge in [-0.1, -0.05) is 0 Å². The van der Waals surface area contributed by atoms with Gasteiger partial charge in [-0.25, -0.2) is 0 Å². The Morgan fingerprint density at radius 2 is 2.36 bits per heavy atom. The topological polar surface area (TPSA) is 70.4 Å².